The van der Waals surface area contributed by atoms with Gasteiger partial charge in [-0.15, -0.1) is 0 Å². The van der Waals surface area contributed by atoms with Crippen LogP contribution in [0.1, 0.15) is 23.7 Å². The largest absolute Gasteiger partial charge is 0.409 e. The van der Waals surface area contributed by atoms with Crippen LogP contribution in [-0.2, 0) is 0 Å². The Morgan fingerprint density at radius 3 is 2.62 bits per heavy atom. The fraction of sp³-hybridized carbons (Fsp3) is 0.250. The van der Waals surface area contributed by atoms with Gasteiger partial charge in [-0.3, -0.25) is 4.79 Å². The van der Waals surface area contributed by atoms with E-state index in [9.17, 15) is 4.79 Å². The number of carbonyl (C=O) groups excluding carboxylic acids is 1. The molecule has 0 saturated heterocycles. The maximum absolute atomic E-state index is 12.5. The molecule has 0 aliphatic heterocycles. The molecule has 1 unspecified atom stereocenters. The number of oxime groups is 1. The minimum absolute atomic E-state index is 0.0843. The van der Waals surface area contributed by atoms with E-state index in [2.05, 4.69) is 5.16 Å². The van der Waals surface area contributed by atoms with Crippen molar-refractivity contribution in [2.24, 2.45) is 10.9 Å². The lowest BCUT2D eigenvalue weighted by Gasteiger charge is -2.24. The molecule has 0 fully saturated rings. The molecule has 0 heterocycles. The smallest absolute Gasteiger partial charge is 0.253 e. The zero-order chi connectivity index (χ0) is 15.4. The minimum atomic E-state index is -0.153. The number of rotatable bonds is 4. The second-order valence-electron chi connectivity index (χ2n) is 5.12. The van der Waals surface area contributed by atoms with Crippen LogP contribution in [0.3, 0.4) is 0 Å². The number of amidine groups is 1. The van der Waals surface area contributed by atoms with Gasteiger partial charge in [0.15, 0.2) is 0 Å². The van der Waals surface area contributed by atoms with Crippen LogP contribution in [0.15, 0.2) is 47.6 Å². The highest BCUT2D eigenvalue weighted by Crippen LogP contribution is 2.17. The molecule has 5 heteroatoms. The number of amides is 1. The summed E-state index contributed by atoms with van der Waals surface area (Å²) in [6, 6.07) is 13.4. The predicted molar refractivity (Wildman–Crippen MR) is 83.5 cm³/mol. The molecule has 3 N–H and O–H groups in total. The molecule has 0 bridgehead atoms. The van der Waals surface area contributed by atoms with Gasteiger partial charge in [0.1, 0.15) is 5.84 Å². The molecule has 1 amide bonds. The Hall–Kier alpha value is -2.56. The van der Waals surface area contributed by atoms with Crippen molar-refractivity contribution >= 4 is 22.5 Å². The molecule has 0 aliphatic rings. The van der Waals surface area contributed by atoms with Gasteiger partial charge < -0.3 is 15.8 Å². The highest BCUT2D eigenvalue weighted by molar-refractivity contribution is 5.98. The standard InChI is InChI=1S/C16H19N3O2/c1-11(9-15(17)18-21)19(2)16(20)14-8-7-12-5-3-4-6-13(12)10-14/h3-8,10-11,21H,9H2,1-2H3,(H2,17,18). The van der Waals surface area contributed by atoms with Crippen LogP contribution in [0.4, 0.5) is 0 Å². The average Bonchev–Trinajstić information content (AvgIpc) is 2.52. The van der Waals surface area contributed by atoms with Crippen molar-refractivity contribution in [3.8, 4) is 0 Å². The first kappa shape index (κ1) is 14.8. The fourth-order valence-corrected chi connectivity index (χ4v) is 2.21. The number of hydrogen-bond acceptors (Lipinski definition) is 3. The van der Waals surface area contributed by atoms with Crippen molar-refractivity contribution in [3.63, 3.8) is 0 Å². The van der Waals surface area contributed by atoms with E-state index in [4.69, 9.17) is 10.9 Å². The first-order chi connectivity index (χ1) is 10.0. The van der Waals surface area contributed by atoms with Crippen LogP contribution in [0, 0.1) is 0 Å². The van der Waals surface area contributed by atoms with Crippen molar-refractivity contribution in [2.75, 3.05) is 7.05 Å². The summed E-state index contributed by atoms with van der Waals surface area (Å²) in [5, 5.41) is 13.7. The lowest BCUT2D eigenvalue weighted by molar-refractivity contribution is 0.0747. The molecule has 0 radical (unpaired) electrons. The normalized spacial score (nSPS) is 13.1. The molecule has 0 aliphatic carbocycles. The van der Waals surface area contributed by atoms with E-state index >= 15 is 0 Å². The fourth-order valence-electron chi connectivity index (χ4n) is 2.21. The van der Waals surface area contributed by atoms with Crippen molar-refractivity contribution in [3.05, 3.63) is 48.0 Å². The number of hydrogen-bond donors (Lipinski definition) is 2. The van der Waals surface area contributed by atoms with Crippen molar-refractivity contribution in [1.82, 2.24) is 4.90 Å². The molecule has 0 aromatic heterocycles. The third kappa shape index (κ3) is 3.31. The summed E-state index contributed by atoms with van der Waals surface area (Å²) in [5.74, 6) is 0.0275. The van der Waals surface area contributed by atoms with Gasteiger partial charge in [-0.2, -0.15) is 0 Å². The lowest BCUT2D eigenvalue weighted by atomic mass is 10.1. The first-order valence-electron chi connectivity index (χ1n) is 6.75. The lowest BCUT2D eigenvalue weighted by Crippen LogP contribution is -2.37. The van der Waals surface area contributed by atoms with Gasteiger partial charge in [-0.25, -0.2) is 0 Å². The van der Waals surface area contributed by atoms with Crippen LogP contribution >= 0.6 is 0 Å². The number of nitrogens with two attached hydrogens (primary N) is 1. The highest BCUT2D eigenvalue weighted by Gasteiger charge is 2.18. The first-order valence-corrected chi connectivity index (χ1v) is 6.75. The second-order valence-corrected chi connectivity index (χ2v) is 5.12. The molecule has 110 valence electrons. The van der Waals surface area contributed by atoms with Crippen molar-refractivity contribution in [1.29, 1.82) is 0 Å². The topological polar surface area (TPSA) is 78.9 Å². The maximum Gasteiger partial charge on any atom is 0.253 e. The van der Waals surface area contributed by atoms with E-state index in [1.165, 1.54) is 0 Å². The van der Waals surface area contributed by atoms with Crippen LogP contribution in [0.5, 0.6) is 0 Å². The van der Waals surface area contributed by atoms with E-state index in [1.54, 1.807) is 11.9 Å². The number of benzene rings is 2. The highest BCUT2D eigenvalue weighted by atomic mass is 16.4. The summed E-state index contributed by atoms with van der Waals surface area (Å²) in [6.45, 7) is 1.86. The zero-order valence-electron chi connectivity index (χ0n) is 12.2. The van der Waals surface area contributed by atoms with Crippen LogP contribution < -0.4 is 5.73 Å². The molecule has 2 rings (SSSR count). The third-order valence-corrected chi connectivity index (χ3v) is 3.61. The summed E-state index contributed by atoms with van der Waals surface area (Å²) >= 11 is 0. The Kier molecular flexibility index (Phi) is 4.42. The average molecular weight is 285 g/mol. The Balaban J connectivity index is 2.20. The number of carbonyl (C=O) groups is 1. The van der Waals surface area contributed by atoms with Crippen LogP contribution in [-0.4, -0.2) is 34.9 Å². The molecular weight excluding hydrogens is 266 g/mol. The number of nitrogens with zero attached hydrogens (tertiary/aromatic N) is 2. The maximum atomic E-state index is 12.5. The third-order valence-electron chi connectivity index (χ3n) is 3.61. The van der Waals surface area contributed by atoms with E-state index in [-0.39, 0.29) is 17.8 Å². The van der Waals surface area contributed by atoms with Crippen LogP contribution in [0.2, 0.25) is 0 Å². The van der Waals surface area contributed by atoms with Crippen LogP contribution in [0.25, 0.3) is 10.8 Å². The summed E-state index contributed by atoms with van der Waals surface area (Å²) in [7, 11) is 1.72. The van der Waals surface area contributed by atoms with E-state index in [1.807, 2.05) is 49.4 Å². The SMILES string of the molecule is CC(CC(N)=NO)N(C)C(=O)c1ccc2ccccc2c1. The van der Waals surface area contributed by atoms with Gasteiger partial charge in [-0.1, -0.05) is 35.5 Å². The van der Waals surface area contributed by atoms with E-state index in [0.29, 0.717) is 12.0 Å². The summed E-state index contributed by atoms with van der Waals surface area (Å²) in [5.41, 5.74) is 6.11. The van der Waals surface area contributed by atoms with Gasteiger partial charge in [-0.05, 0) is 29.8 Å². The second kappa shape index (κ2) is 6.26. The molecule has 0 saturated carbocycles. The van der Waals surface area contributed by atoms with Crippen molar-refractivity contribution < 1.29 is 10.0 Å². The molecule has 2 aromatic carbocycles. The Labute approximate surface area is 123 Å². The van der Waals surface area contributed by atoms with Gasteiger partial charge >= 0.3 is 0 Å². The van der Waals surface area contributed by atoms with E-state index < -0.39 is 0 Å². The molecule has 21 heavy (non-hydrogen) atoms. The van der Waals surface area contributed by atoms with Gasteiger partial charge in [0, 0.05) is 25.1 Å². The monoisotopic (exact) mass is 285 g/mol. The Morgan fingerprint density at radius 1 is 1.29 bits per heavy atom. The van der Waals surface area contributed by atoms with Crippen molar-refractivity contribution in [2.45, 2.75) is 19.4 Å². The zero-order valence-corrected chi connectivity index (χ0v) is 12.2. The Morgan fingerprint density at radius 2 is 1.95 bits per heavy atom. The van der Waals surface area contributed by atoms with Gasteiger partial charge in [0.05, 0.1) is 0 Å². The van der Waals surface area contributed by atoms with Gasteiger partial charge in [0.25, 0.3) is 5.91 Å². The summed E-state index contributed by atoms with van der Waals surface area (Å²) in [6.07, 6.45) is 0.326. The minimum Gasteiger partial charge on any atom is -0.409 e. The predicted octanol–water partition coefficient (Wildman–Crippen LogP) is 2.44. The van der Waals surface area contributed by atoms with E-state index in [0.717, 1.165) is 10.8 Å². The summed E-state index contributed by atoms with van der Waals surface area (Å²) in [4.78, 5) is 14.1. The quantitative estimate of drug-likeness (QED) is 0.392. The molecule has 2 aromatic rings. The molecule has 0 spiro atoms. The molecule has 1 atom stereocenters. The molecular formula is C16H19N3O2. The number of fused-ring (bicyclic) bond motifs is 1. The Bertz CT molecular complexity index is 682. The summed E-state index contributed by atoms with van der Waals surface area (Å²) < 4.78 is 0. The molecule has 5 nitrogen and oxygen atoms in total. The van der Waals surface area contributed by atoms with Gasteiger partial charge in [0.2, 0.25) is 0 Å².